The standard InChI is InChI=1S/C12H19N3O3/c1-3-15-18-12(16)10-5-6-11(14-9-10)13-7-4-8-17-2/h5-6,9,15H,3-4,7-8H2,1-2H3,(H,13,14). The largest absolute Gasteiger partial charge is 0.385 e. The van der Waals surface area contributed by atoms with Crippen LogP contribution in [0.2, 0.25) is 0 Å². The zero-order chi connectivity index (χ0) is 13.2. The lowest BCUT2D eigenvalue weighted by Gasteiger charge is -2.06. The van der Waals surface area contributed by atoms with Crippen molar-refractivity contribution in [2.24, 2.45) is 0 Å². The molecule has 0 aliphatic heterocycles. The molecule has 2 N–H and O–H groups in total. The van der Waals surface area contributed by atoms with Gasteiger partial charge in [0.1, 0.15) is 5.82 Å². The summed E-state index contributed by atoms with van der Waals surface area (Å²) in [4.78, 5) is 20.3. The smallest absolute Gasteiger partial charge is 0.358 e. The highest BCUT2D eigenvalue weighted by molar-refractivity contribution is 5.89. The molecule has 100 valence electrons. The van der Waals surface area contributed by atoms with Crippen LogP contribution in [0.3, 0.4) is 0 Å². The number of pyridine rings is 1. The predicted octanol–water partition coefficient (Wildman–Crippen LogP) is 1.21. The third-order valence-corrected chi connectivity index (χ3v) is 2.14. The zero-order valence-corrected chi connectivity index (χ0v) is 10.7. The van der Waals surface area contributed by atoms with Crippen LogP contribution in [0.5, 0.6) is 0 Å². The Morgan fingerprint density at radius 3 is 2.89 bits per heavy atom. The number of hydroxylamine groups is 1. The Hall–Kier alpha value is -1.66. The molecule has 18 heavy (non-hydrogen) atoms. The Kier molecular flexibility index (Phi) is 6.75. The number of hydrogen-bond acceptors (Lipinski definition) is 6. The number of carbonyl (C=O) groups is 1. The molecular formula is C12H19N3O3. The molecule has 0 radical (unpaired) electrons. The Labute approximate surface area is 107 Å². The molecule has 6 nitrogen and oxygen atoms in total. The molecule has 1 rings (SSSR count). The summed E-state index contributed by atoms with van der Waals surface area (Å²) in [5.41, 5.74) is 2.92. The number of aromatic nitrogens is 1. The Bertz CT molecular complexity index is 354. The van der Waals surface area contributed by atoms with Gasteiger partial charge in [0.05, 0.1) is 5.56 Å². The fraction of sp³-hybridized carbons (Fsp3) is 0.500. The first-order valence-corrected chi connectivity index (χ1v) is 5.90. The van der Waals surface area contributed by atoms with Crippen molar-refractivity contribution in [3.63, 3.8) is 0 Å². The molecular weight excluding hydrogens is 234 g/mol. The van der Waals surface area contributed by atoms with Crippen molar-refractivity contribution >= 4 is 11.8 Å². The van der Waals surface area contributed by atoms with E-state index in [-0.39, 0.29) is 0 Å². The number of ether oxygens (including phenoxy) is 1. The monoisotopic (exact) mass is 253 g/mol. The fourth-order valence-corrected chi connectivity index (χ4v) is 1.25. The van der Waals surface area contributed by atoms with Crippen molar-refractivity contribution in [1.29, 1.82) is 0 Å². The van der Waals surface area contributed by atoms with Crippen LogP contribution in [0.1, 0.15) is 23.7 Å². The van der Waals surface area contributed by atoms with Crippen LogP contribution < -0.4 is 10.8 Å². The summed E-state index contributed by atoms with van der Waals surface area (Å²) >= 11 is 0. The van der Waals surface area contributed by atoms with Crippen molar-refractivity contribution in [2.45, 2.75) is 13.3 Å². The van der Waals surface area contributed by atoms with E-state index in [9.17, 15) is 4.79 Å². The minimum absolute atomic E-state index is 0.415. The number of anilines is 1. The number of hydrogen-bond donors (Lipinski definition) is 2. The molecule has 0 aliphatic carbocycles. The van der Waals surface area contributed by atoms with Crippen molar-refractivity contribution in [3.8, 4) is 0 Å². The van der Waals surface area contributed by atoms with Crippen molar-refractivity contribution in [2.75, 3.05) is 32.1 Å². The van der Waals surface area contributed by atoms with Gasteiger partial charge in [0.15, 0.2) is 0 Å². The first-order valence-electron chi connectivity index (χ1n) is 5.90. The lowest BCUT2D eigenvalue weighted by Crippen LogP contribution is -2.19. The second-order valence-electron chi connectivity index (χ2n) is 3.59. The van der Waals surface area contributed by atoms with Crippen LogP contribution in [0.25, 0.3) is 0 Å². The highest BCUT2D eigenvalue weighted by Gasteiger charge is 2.07. The summed E-state index contributed by atoms with van der Waals surface area (Å²) in [6.07, 6.45) is 2.39. The summed E-state index contributed by atoms with van der Waals surface area (Å²) in [6.45, 7) is 3.90. The highest BCUT2D eigenvalue weighted by atomic mass is 16.7. The lowest BCUT2D eigenvalue weighted by molar-refractivity contribution is 0.0265. The molecule has 0 aromatic carbocycles. The molecule has 1 aromatic rings. The van der Waals surface area contributed by atoms with E-state index in [4.69, 9.17) is 9.57 Å². The number of carbonyl (C=O) groups excluding carboxylic acids is 1. The van der Waals surface area contributed by atoms with E-state index < -0.39 is 5.97 Å². The maximum absolute atomic E-state index is 11.5. The lowest BCUT2D eigenvalue weighted by atomic mass is 10.3. The Balaban J connectivity index is 2.39. The molecule has 1 heterocycles. The maximum atomic E-state index is 11.5. The highest BCUT2D eigenvalue weighted by Crippen LogP contribution is 2.06. The van der Waals surface area contributed by atoms with Crippen molar-refractivity contribution in [3.05, 3.63) is 23.9 Å². The molecule has 0 saturated carbocycles. The van der Waals surface area contributed by atoms with E-state index in [2.05, 4.69) is 15.8 Å². The van der Waals surface area contributed by atoms with E-state index in [1.54, 1.807) is 19.2 Å². The quantitative estimate of drug-likeness (QED) is 0.536. The van der Waals surface area contributed by atoms with E-state index in [0.29, 0.717) is 18.7 Å². The van der Waals surface area contributed by atoms with E-state index in [1.165, 1.54) is 6.20 Å². The summed E-state index contributed by atoms with van der Waals surface area (Å²) in [5.74, 6) is 0.293. The van der Waals surface area contributed by atoms with Gasteiger partial charge >= 0.3 is 5.97 Å². The van der Waals surface area contributed by atoms with Gasteiger partial charge in [-0.2, -0.15) is 5.48 Å². The summed E-state index contributed by atoms with van der Waals surface area (Å²) in [6, 6.07) is 3.42. The van der Waals surface area contributed by atoms with Gasteiger partial charge in [-0.3, -0.25) is 0 Å². The first-order chi connectivity index (χ1) is 8.77. The van der Waals surface area contributed by atoms with Crippen LogP contribution in [0.4, 0.5) is 5.82 Å². The second-order valence-corrected chi connectivity index (χ2v) is 3.59. The number of nitrogens with zero attached hydrogens (tertiary/aromatic N) is 1. The number of nitrogens with one attached hydrogen (secondary N) is 2. The summed E-state index contributed by atoms with van der Waals surface area (Å²) in [7, 11) is 1.67. The van der Waals surface area contributed by atoms with Crippen LogP contribution in [-0.2, 0) is 9.57 Å². The van der Waals surface area contributed by atoms with Gasteiger partial charge in [-0.25, -0.2) is 9.78 Å². The van der Waals surface area contributed by atoms with Gasteiger partial charge in [0.2, 0.25) is 0 Å². The second kappa shape index (κ2) is 8.43. The van der Waals surface area contributed by atoms with Gasteiger partial charge in [-0.05, 0) is 25.5 Å². The zero-order valence-electron chi connectivity index (χ0n) is 10.7. The van der Waals surface area contributed by atoms with E-state index in [0.717, 1.165) is 18.8 Å². The maximum Gasteiger partial charge on any atom is 0.358 e. The molecule has 0 aliphatic rings. The van der Waals surface area contributed by atoms with Gasteiger partial charge < -0.3 is 14.9 Å². The topological polar surface area (TPSA) is 72.5 Å². The van der Waals surface area contributed by atoms with Gasteiger partial charge in [0, 0.05) is 33.0 Å². The normalized spacial score (nSPS) is 10.1. The average Bonchev–Trinajstić information content (AvgIpc) is 2.41. The van der Waals surface area contributed by atoms with Crippen LogP contribution in [0, 0.1) is 0 Å². The molecule has 0 unspecified atom stereocenters. The van der Waals surface area contributed by atoms with Crippen LogP contribution in [0.15, 0.2) is 18.3 Å². The minimum atomic E-state index is -0.435. The molecule has 0 fully saturated rings. The van der Waals surface area contributed by atoms with Crippen molar-refractivity contribution < 1.29 is 14.4 Å². The molecule has 0 amide bonds. The van der Waals surface area contributed by atoms with Crippen molar-refractivity contribution in [1.82, 2.24) is 10.5 Å². The van der Waals surface area contributed by atoms with Gasteiger partial charge in [0.25, 0.3) is 0 Å². The van der Waals surface area contributed by atoms with E-state index in [1.807, 2.05) is 6.92 Å². The molecule has 0 atom stereocenters. The molecule has 1 aromatic heterocycles. The van der Waals surface area contributed by atoms with Gasteiger partial charge in [-0.15, -0.1) is 0 Å². The molecule has 0 bridgehead atoms. The molecule has 0 saturated heterocycles. The average molecular weight is 253 g/mol. The van der Waals surface area contributed by atoms with Crippen LogP contribution in [-0.4, -0.2) is 37.8 Å². The SMILES string of the molecule is CCNOC(=O)c1ccc(NCCCOC)nc1. The van der Waals surface area contributed by atoms with E-state index >= 15 is 0 Å². The third kappa shape index (κ3) is 5.11. The number of rotatable bonds is 8. The Morgan fingerprint density at radius 2 is 2.28 bits per heavy atom. The predicted molar refractivity (Wildman–Crippen MR) is 68.3 cm³/mol. The van der Waals surface area contributed by atoms with Gasteiger partial charge in [-0.1, -0.05) is 0 Å². The third-order valence-electron chi connectivity index (χ3n) is 2.14. The fourth-order valence-electron chi connectivity index (χ4n) is 1.25. The molecule has 6 heteroatoms. The minimum Gasteiger partial charge on any atom is -0.385 e. The summed E-state index contributed by atoms with van der Waals surface area (Å²) in [5, 5.41) is 3.13. The first kappa shape index (κ1) is 14.4. The Morgan fingerprint density at radius 1 is 1.44 bits per heavy atom. The number of methoxy groups -OCH3 is 1. The van der Waals surface area contributed by atoms with Crippen LogP contribution >= 0.6 is 0 Å². The molecule has 0 spiro atoms. The summed E-state index contributed by atoms with van der Waals surface area (Å²) < 4.78 is 4.94.